The summed E-state index contributed by atoms with van der Waals surface area (Å²) in [6.07, 6.45) is 0.439. The van der Waals surface area contributed by atoms with Crippen molar-refractivity contribution >= 4 is 33.2 Å². The van der Waals surface area contributed by atoms with Crippen LogP contribution in [0.4, 0.5) is 5.69 Å². The van der Waals surface area contributed by atoms with Gasteiger partial charge in [-0.3, -0.25) is 4.79 Å². The van der Waals surface area contributed by atoms with Gasteiger partial charge < -0.3 is 4.90 Å². The number of hydrogen-bond donors (Lipinski definition) is 1. The first-order valence-corrected chi connectivity index (χ1v) is 10.0. The molecule has 0 spiro atoms. The molecule has 0 aliphatic carbocycles. The zero-order valence-electron chi connectivity index (χ0n) is 13.8. The molecule has 0 saturated carbocycles. The van der Waals surface area contributed by atoms with Gasteiger partial charge in [0.05, 0.1) is 5.75 Å². The lowest BCUT2D eigenvalue weighted by Crippen LogP contribution is -2.42. The van der Waals surface area contributed by atoms with E-state index in [0.717, 1.165) is 11.3 Å². The van der Waals surface area contributed by atoms with Crippen LogP contribution < -0.4 is 9.62 Å². The van der Waals surface area contributed by atoms with E-state index in [2.05, 4.69) is 4.72 Å². The molecule has 1 aliphatic rings. The van der Waals surface area contributed by atoms with Gasteiger partial charge in [0, 0.05) is 17.3 Å². The SMILES string of the molecule is Cc1ccc(N2CCC(NS(=O)(=O)Cc3ccccc3Cl)C2=O)cc1. The molecule has 7 heteroatoms. The zero-order chi connectivity index (χ0) is 18.0. The predicted molar refractivity (Wildman–Crippen MR) is 99.1 cm³/mol. The molecule has 2 aromatic carbocycles. The number of nitrogens with zero attached hydrogens (tertiary/aromatic N) is 1. The molecule has 1 saturated heterocycles. The summed E-state index contributed by atoms with van der Waals surface area (Å²) in [6, 6.07) is 13.6. The molecular weight excluding hydrogens is 360 g/mol. The van der Waals surface area contributed by atoms with Crippen LogP contribution in [0.3, 0.4) is 0 Å². The molecular formula is C18H19ClN2O3S. The topological polar surface area (TPSA) is 66.5 Å². The van der Waals surface area contributed by atoms with Crippen LogP contribution in [0.1, 0.15) is 17.5 Å². The van der Waals surface area contributed by atoms with E-state index in [0.29, 0.717) is 23.6 Å². The predicted octanol–water partition coefficient (Wildman–Crippen LogP) is 2.87. The second kappa shape index (κ2) is 7.15. The maximum atomic E-state index is 12.6. The summed E-state index contributed by atoms with van der Waals surface area (Å²) in [6.45, 7) is 2.46. The molecule has 2 aromatic rings. The van der Waals surface area contributed by atoms with Gasteiger partial charge in [0.2, 0.25) is 15.9 Å². The van der Waals surface area contributed by atoms with Crippen molar-refractivity contribution in [2.45, 2.75) is 25.1 Å². The van der Waals surface area contributed by atoms with Crippen molar-refractivity contribution in [2.24, 2.45) is 0 Å². The number of amides is 1. The van der Waals surface area contributed by atoms with Crippen LogP contribution in [0, 0.1) is 6.92 Å². The molecule has 132 valence electrons. The Hall–Kier alpha value is -1.89. The van der Waals surface area contributed by atoms with Crippen LogP contribution in [0.25, 0.3) is 0 Å². The first-order chi connectivity index (χ1) is 11.9. The van der Waals surface area contributed by atoms with E-state index in [9.17, 15) is 13.2 Å². The third kappa shape index (κ3) is 4.21. The molecule has 1 N–H and O–H groups in total. The van der Waals surface area contributed by atoms with E-state index < -0.39 is 16.1 Å². The molecule has 1 atom stereocenters. The fourth-order valence-electron chi connectivity index (χ4n) is 2.85. The highest BCUT2D eigenvalue weighted by Crippen LogP contribution is 2.23. The van der Waals surface area contributed by atoms with Crippen molar-refractivity contribution in [2.75, 3.05) is 11.4 Å². The summed E-state index contributed by atoms with van der Waals surface area (Å²) in [5, 5.41) is 0.395. The third-order valence-electron chi connectivity index (χ3n) is 4.18. The van der Waals surface area contributed by atoms with Gasteiger partial charge in [0.15, 0.2) is 0 Å². The van der Waals surface area contributed by atoms with E-state index in [1.54, 1.807) is 29.2 Å². The average Bonchev–Trinajstić information content (AvgIpc) is 2.91. The van der Waals surface area contributed by atoms with Crippen molar-refractivity contribution < 1.29 is 13.2 Å². The highest BCUT2D eigenvalue weighted by Gasteiger charge is 2.35. The Balaban J connectivity index is 1.70. The van der Waals surface area contributed by atoms with Crippen LogP contribution in [-0.4, -0.2) is 26.9 Å². The molecule has 25 heavy (non-hydrogen) atoms. The van der Waals surface area contributed by atoms with Crippen molar-refractivity contribution in [3.8, 4) is 0 Å². The van der Waals surface area contributed by atoms with E-state index in [-0.39, 0.29) is 11.7 Å². The maximum Gasteiger partial charge on any atom is 0.245 e. The molecule has 3 rings (SSSR count). The maximum absolute atomic E-state index is 12.6. The highest BCUT2D eigenvalue weighted by atomic mass is 35.5. The van der Waals surface area contributed by atoms with Gasteiger partial charge in [-0.05, 0) is 37.1 Å². The summed E-state index contributed by atoms with van der Waals surface area (Å²) < 4.78 is 27.3. The lowest BCUT2D eigenvalue weighted by atomic mass is 10.2. The first-order valence-electron chi connectivity index (χ1n) is 7.97. The number of rotatable bonds is 5. The Morgan fingerprint density at radius 2 is 1.84 bits per heavy atom. The average molecular weight is 379 g/mol. The summed E-state index contributed by atoms with van der Waals surface area (Å²) in [7, 11) is -3.67. The number of benzene rings is 2. The minimum absolute atomic E-state index is 0.230. The van der Waals surface area contributed by atoms with Gasteiger partial charge in [-0.25, -0.2) is 13.1 Å². The van der Waals surface area contributed by atoms with Gasteiger partial charge in [-0.1, -0.05) is 47.5 Å². The van der Waals surface area contributed by atoms with Crippen LogP contribution in [0.15, 0.2) is 48.5 Å². The smallest absolute Gasteiger partial charge is 0.245 e. The largest absolute Gasteiger partial charge is 0.311 e. The van der Waals surface area contributed by atoms with Crippen LogP contribution in [-0.2, 0) is 20.6 Å². The molecule has 1 amide bonds. The van der Waals surface area contributed by atoms with Crippen molar-refractivity contribution in [1.82, 2.24) is 4.72 Å². The number of anilines is 1. The Labute approximate surface area is 152 Å². The number of halogens is 1. The quantitative estimate of drug-likeness (QED) is 0.869. The normalized spacial score (nSPS) is 17.9. The van der Waals surface area contributed by atoms with Gasteiger partial charge in [-0.2, -0.15) is 0 Å². The summed E-state index contributed by atoms with van der Waals surface area (Å²) in [5.41, 5.74) is 2.40. The number of sulfonamides is 1. The van der Waals surface area contributed by atoms with Gasteiger partial charge in [0.1, 0.15) is 6.04 Å². The van der Waals surface area contributed by atoms with Crippen molar-refractivity contribution in [3.05, 3.63) is 64.7 Å². The van der Waals surface area contributed by atoms with Crippen LogP contribution >= 0.6 is 11.6 Å². The number of hydrogen-bond acceptors (Lipinski definition) is 3. The van der Waals surface area contributed by atoms with E-state index >= 15 is 0 Å². The molecule has 0 bridgehead atoms. The zero-order valence-corrected chi connectivity index (χ0v) is 15.3. The molecule has 0 radical (unpaired) electrons. The molecule has 1 unspecified atom stereocenters. The summed E-state index contributed by atoms with van der Waals surface area (Å²) in [4.78, 5) is 14.2. The molecule has 5 nitrogen and oxygen atoms in total. The van der Waals surface area contributed by atoms with Gasteiger partial charge >= 0.3 is 0 Å². The third-order valence-corrected chi connectivity index (χ3v) is 5.88. The number of carbonyl (C=O) groups excluding carboxylic acids is 1. The highest BCUT2D eigenvalue weighted by molar-refractivity contribution is 7.88. The summed E-state index contributed by atoms with van der Waals surface area (Å²) >= 11 is 6.02. The van der Waals surface area contributed by atoms with Crippen LogP contribution in [0.5, 0.6) is 0 Å². The Morgan fingerprint density at radius 1 is 1.16 bits per heavy atom. The van der Waals surface area contributed by atoms with Crippen LogP contribution in [0.2, 0.25) is 5.02 Å². The van der Waals surface area contributed by atoms with E-state index in [1.165, 1.54) is 0 Å². The fraction of sp³-hybridized carbons (Fsp3) is 0.278. The lowest BCUT2D eigenvalue weighted by molar-refractivity contribution is -0.118. The second-order valence-corrected chi connectivity index (χ2v) is 8.30. The minimum atomic E-state index is -3.67. The Kier molecular flexibility index (Phi) is 5.13. The first kappa shape index (κ1) is 17.9. The van der Waals surface area contributed by atoms with Crippen molar-refractivity contribution in [3.63, 3.8) is 0 Å². The number of aryl methyl sites for hydroxylation is 1. The standard InChI is InChI=1S/C18H19ClN2O3S/c1-13-6-8-15(9-7-13)21-11-10-17(18(21)22)20-25(23,24)12-14-4-2-3-5-16(14)19/h2-9,17,20H,10-12H2,1H3. The number of carbonyl (C=O) groups is 1. The molecule has 1 heterocycles. The molecule has 1 fully saturated rings. The Bertz CT molecular complexity index is 881. The lowest BCUT2D eigenvalue weighted by Gasteiger charge is -2.17. The fourth-order valence-corrected chi connectivity index (χ4v) is 4.53. The van der Waals surface area contributed by atoms with Gasteiger partial charge in [-0.15, -0.1) is 0 Å². The summed E-state index contributed by atoms with van der Waals surface area (Å²) in [5.74, 6) is -0.479. The second-order valence-electron chi connectivity index (χ2n) is 6.14. The van der Waals surface area contributed by atoms with E-state index in [4.69, 9.17) is 11.6 Å². The molecule has 1 aliphatic heterocycles. The Morgan fingerprint density at radius 3 is 2.52 bits per heavy atom. The minimum Gasteiger partial charge on any atom is -0.311 e. The number of nitrogens with one attached hydrogen (secondary N) is 1. The van der Waals surface area contributed by atoms with Crippen molar-refractivity contribution in [1.29, 1.82) is 0 Å². The van der Waals surface area contributed by atoms with E-state index in [1.807, 2.05) is 31.2 Å². The monoisotopic (exact) mass is 378 g/mol. The molecule has 0 aromatic heterocycles. The van der Waals surface area contributed by atoms with Gasteiger partial charge in [0.25, 0.3) is 0 Å².